The molecule has 1 aromatic carbocycles. The van der Waals surface area contributed by atoms with Gasteiger partial charge in [0.15, 0.2) is 5.82 Å². The number of nitrogens with zero attached hydrogens (tertiary/aromatic N) is 5. The molecule has 3 rings (SSSR count). The molecule has 0 saturated carbocycles. The molecule has 0 aliphatic heterocycles. The number of nitrogens with one attached hydrogen (secondary N) is 1. The number of thiophene rings is 1. The monoisotopic (exact) mass is 370 g/mol. The average molecular weight is 370 g/mol. The lowest BCUT2D eigenvalue weighted by molar-refractivity contribution is 0.391. The smallest absolute Gasteiger partial charge is 0.157 e. The number of hydrogen-bond acceptors (Lipinski definition) is 7. The van der Waals surface area contributed by atoms with Crippen LogP contribution < -0.4 is 14.8 Å². The van der Waals surface area contributed by atoms with Crippen molar-refractivity contribution in [3.8, 4) is 11.5 Å². The summed E-state index contributed by atoms with van der Waals surface area (Å²) in [6, 6.07) is 7.67. The van der Waals surface area contributed by atoms with Crippen molar-refractivity contribution >= 4 is 27.2 Å². The highest BCUT2D eigenvalue weighted by atomic mass is 32.1. The van der Waals surface area contributed by atoms with Crippen LogP contribution in [0.3, 0.4) is 0 Å². The third kappa shape index (κ3) is 3.63. The second-order valence-electron chi connectivity index (χ2n) is 5.51. The van der Waals surface area contributed by atoms with Crippen LogP contribution in [0.1, 0.15) is 16.1 Å². The van der Waals surface area contributed by atoms with Crippen molar-refractivity contribution in [2.75, 3.05) is 19.5 Å². The van der Waals surface area contributed by atoms with Crippen LogP contribution in [0.25, 0.3) is 20.5 Å². The quantitative estimate of drug-likeness (QED) is 0.376. The summed E-state index contributed by atoms with van der Waals surface area (Å²) in [6.07, 6.45) is 0. The predicted octanol–water partition coefficient (Wildman–Crippen LogP) is 4.44. The molecule has 9 heteroatoms. The van der Waals surface area contributed by atoms with Gasteiger partial charge in [-0.3, -0.25) is 0 Å². The molecule has 26 heavy (non-hydrogen) atoms. The third-order valence-electron chi connectivity index (χ3n) is 3.90. The summed E-state index contributed by atoms with van der Waals surface area (Å²) in [6.45, 7) is 2.77. The molecule has 2 heterocycles. The molecule has 0 saturated heterocycles. The van der Waals surface area contributed by atoms with E-state index in [9.17, 15) is 0 Å². The summed E-state index contributed by atoms with van der Waals surface area (Å²) in [7, 11) is 3.25. The van der Waals surface area contributed by atoms with E-state index >= 15 is 0 Å². The molecule has 134 valence electrons. The van der Waals surface area contributed by atoms with Crippen LogP contribution in [0.5, 0.6) is 11.5 Å². The molecular formula is C17H18N6O2S. The minimum atomic E-state index is 0.320. The Labute approximate surface area is 154 Å². The van der Waals surface area contributed by atoms with E-state index in [1.165, 1.54) is 0 Å². The molecule has 0 aliphatic carbocycles. The fraction of sp³-hybridized carbons (Fsp3) is 0.294. The van der Waals surface area contributed by atoms with Crippen LogP contribution in [0, 0.1) is 6.92 Å². The number of azide groups is 1. The molecule has 0 bridgehead atoms. The fourth-order valence-corrected chi connectivity index (χ4v) is 3.61. The maximum absolute atomic E-state index is 8.51. The highest BCUT2D eigenvalue weighted by molar-refractivity contribution is 7.19. The van der Waals surface area contributed by atoms with E-state index in [1.807, 2.05) is 31.2 Å². The van der Waals surface area contributed by atoms with Gasteiger partial charge >= 0.3 is 0 Å². The second kappa shape index (κ2) is 7.90. The zero-order chi connectivity index (χ0) is 18.5. The van der Waals surface area contributed by atoms with Crippen LogP contribution in [-0.4, -0.2) is 24.4 Å². The van der Waals surface area contributed by atoms with E-state index in [0.29, 0.717) is 18.9 Å². The number of aromatic nitrogens is 2. The zero-order valence-corrected chi connectivity index (χ0v) is 15.5. The number of ether oxygens (including phenoxy) is 2. The fourth-order valence-electron chi connectivity index (χ4n) is 2.60. The Hall–Kier alpha value is -3.03. The molecule has 0 atom stereocenters. The highest BCUT2D eigenvalue weighted by Gasteiger charge is 2.12. The first kappa shape index (κ1) is 17.8. The third-order valence-corrected chi connectivity index (χ3v) is 5.13. The van der Waals surface area contributed by atoms with Gasteiger partial charge in [0.25, 0.3) is 0 Å². The van der Waals surface area contributed by atoms with Gasteiger partial charge in [0, 0.05) is 33.3 Å². The van der Waals surface area contributed by atoms with Crippen molar-refractivity contribution in [1.82, 2.24) is 10.2 Å². The van der Waals surface area contributed by atoms with E-state index in [4.69, 9.17) is 15.0 Å². The summed E-state index contributed by atoms with van der Waals surface area (Å²) in [5.74, 6) is 2.16. The minimum Gasteiger partial charge on any atom is -0.497 e. The van der Waals surface area contributed by atoms with Gasteiger partial charge in [0.05, 0.1) is 31.2 Å². The summed E-state index contributed by atoms with van der Waals surface area (Å²) >= 11 is 1.56. The van der Waals surface area contributed by atoms with Crippen LogP contribution >= 0.6 is 11.3 Å². The summed E-state index contributed by atoms with van der Waals surface area (Å²) in [5, 5.41) is 16.4. The van der Waals surface area contributed by atoms with Gasteiger partial charge in [-0.05, 0) is 30.7 Å². The Morgan fingerprint density at radius 2 is 2.08 bits per heavy atom. The summed E-state index contributed by atoms with van der Waals surface area (Å²) in [5.41, 5.74) is 10.3. The van der Waals surface area contributed by atoms with Crippen LogP contribution in [0.2, 0.25) is 0 Å². The van der Waals surface area contributed by atoms with Crippen molar-refractivity contribution in [2.45, 2.75) is 20.0 Å². The van der Waals surface area contributed by atoms with Crippen LogP contribution in [0.4, 0.5) is 5.82 Å². The van der Waals surface area contributed by atoms with Crippen molar-refractivity contribution < 1.29 is 9.47 Å². The van der Waals surface area contributed by atoms with Gasteiger partial charge in [-0.25, -0.2) is 0 Å². The number of benzene rings is 1. The first-order chi connectivity index (χ1) is 12.7. The SMILES string of the molecule is COc1ccc(CNc2nnc(C)c3sc(CN=[N+]=[N-])cc23)c(OC)c1. The van der Waals surface area contributed by atoms with Crippen LogP contribution in [0.15, 0.2) is 29.4 Å². The number of anilines is 1. The van der Waals surface area contributed by atoms with Gasteiger partial charge in [0.1, 0.15) is 11.5 Å². The Kier molecular flexibility index (Phi) is 5.40. The normalized spacial score (nSPS) is 10.4. The molecule has 1 N–H and O–H groups in total. The van der Waals surface area contributed by atoms with Crippen molar-refractivity contribution in [3.05, 3.63) is 50.8 Å². The molecular weight excluding hydrogens is 352 g/mol. The summed E-state index contributed by atoms with van der Waals surface area (Å²) < 4.78 is 11.7. The first-order valence-corrected chi connectivity index (χ1v) is 8.69. The molecule has 0 amide bonds. The maximum Gasteiger partial charge on any atom is 0.157 e. The molecule has 0 radical (unpaired) electrons. The van der Waals surface area contributed by atoms with E-state index < -0.39 is 0 Å². The molecule has 8 nitrogen and oxygen atoms in total. The number of aryl methyl sites for hydroxylation is 1. The number of methoxy groups -OCH3 is 2. The zero-order valence-electron chi connectivity index (χ0n) is 14.7. The Bertz CT molecular complexity index is 981. The number of hydrogen-bond donors (Lipinski definition) is 1. The minimum absolute atomic E-state index is 0.320. The van der Waals surface area contributed by atoms with Gasteiger partial charge < -0.3 is 14.8 Å². The lowest BCUT2D eigenvalue weighted by Crippen LogP contribution is -2.05. The molecule has 0 spiro atoms. The Balaban J connectivity index is 1.88. The highest BCUT2D eigenvalue weighted by Crippen LogP contribution is 2.33. The predicted molar refractivity (Wildman–Crippen MR) is 102 cm³/mol. The number of rotatable bonds is 7. The lowest BCUT2D eigenvalue weighted by atomic mass is 10.2. The second-order valence-corrected chi connectivity index (χ2v) is 6.65. The van der Waals surface area contributed by atoms with E-state index in [-0.39, 0.29) is 0 Å². The molecule has 0 aliphatic rings. The van der Waals surface area contributed by atoms with Gasteiger partial charge in [-0.15, -0.1) is 16.4 Å². The molecule has 2 aromatic heterocycles. The largest absolute Gasteiger partial charge is 0.497 e. The van der Waals surface area contributed by atoms with E-state index in [2.05, 4.69) is 25.5 Å². The van der Waals surface area contributed by atoms with Gasteiger partial charge in [-0.2, -0.15) is 5.10 Å². The Morgan fingerprint density at radius 3 is 2.81 bits per heavy atom. The number of fused-ring (bicyclic) bond motifs is 1. The topological polar surface area (TPSA) is 105 Å². The molecule has 0 fully saturated rings. The lowest BCUT2D eigenvalue weighted by Gasteiger charge is -2.12. The first-order valence-electron chi connectivity index (χ1n) is 7.87. The van der Waals surface area contributed by atoms with Crippen molar-refractivity contribution in [1.29, 1.82) is 0 Å². The summed E-state index contributed by atoms with van der Waals surface area (Å²) in [4.78, 5) is 3.79. The maximum atomic E-state index is 8.51. The van der Waals surface area contributed by atoms with E-state index in [0.717, 1.165) is 37.7 Å². The van der Waals surface area contributed by atoms with Crippen LogP contribution in [-0.2, 0) is 13.1 Å². The average Bonchev–Trinajstić information content (AvgIpc) is 3.11. The molecule has 0 unspecified atom stereocenters. The van der Waals surface area contributed by atoms with Crippen molar-refractivity contribution in [3.63, 3.8) is 0 Å². The Morgan fingerprint density at radius 1 is 1.23 bits per heavy atom. The standard InChI is InChI=1S/C17H18N6O2S/c1-10-16-14(7-13(26-16)9-20-23-18)17(22-21-10)19-8-11-4-5-12(24-2)6-15(11)25-3/h4-7H,8-9H2,1-3H3,(H,19,22). The van der Waals surface area contributed by atoms with Gasteiger partial charge in [0.2, 0.25) is 0 Å². The molecule has 3 aromatic rings. The van der Waals surface area contributed by atoms with Crippen molar-refractivity contribution in [2.24, 2.45) is 5.11 Å². The van der Waals surface area contributed by atoms with Gasteiger partial charge in [-0.1, -0.05) is 5.11 Å². The van der Waals surface area contributed by atoms with E-state index in [1.54, 1.807) is 25.6 Å².